The van der Waals surface area contributed by atoms with Crippen molar-refractivity contribution < 1.29 is 13.6 Å². The number of benzene rings is 1. The maximum atomic E-state index is 13.6. The molecule has 0 aliphatic heterocycles. The van der Waals surface area contributed by atoms with Crippen molar-refractivity contribution in [2.24, 2.45) is 11.7 Å². The van der Waals surface area contributed by atoms with Gasteiger partial charge >= 0.3 is 0 Å². The Morgan fingerprint density at radius 2 is 1.85 bits per heavy atom. The largest absolute Gasteiger partial charge is 0.366 e. The van der Waals surface area contributed by atoms with Crippen molar-refractivity contribution in [1.29, 1.82) is 0 Å². The van der Waals surface area contributed by atoms with Crippen LogP contribution in [-0.2, 0) is 6.42 Å². The Morgan fingerprint density at radius 1 is 1.25 bits per heavy atom. The van der Waals surface area contributed by atoms with Crippen LogP contribution >= 0.6 is 0 Å². The molecular weight excluding hydrogens is 260 g/mol. The third kappa shape index (κ3) is 5.27. The number of hydrogen-bond acceptors (Lipinski definition) is 1. The Kier molecular flexibility index (Phi) is 6.11. The van der Waals surface area contributed by atoms with Crippen molar-refractivity contribution >= 4 is 5.91 Å². The summed E-state index contributed by atoms with van der Waals surface area (Å²) in [5, 5.41) is 0. The van der Waals surface area contributed by atoms with Gasteiger partial charge in [0.2, 0.25) is 11.8 Å². The van der Waals surface area contributed by atoms with Gasteiger partial charge in [-0.05, 0) is 37.5 Å². The van der Waals surface area contributed by atoms with Gasteiger partial charge in [-0.2, -0.15) is 0 Å². The number of carbonyl (C=O) groups is 1. The van der Waals surface area contributed by atoms with Crippen LogP contribution in [0.2, 0.25) is 0 Å². The average molecular weight is 283 g/mol. The topological polar surface area (TPSA) is 43.1 Å². The Hall–Kier alpha value is -1.45. The molecule has 0 aliphatic rings. The molecule has 0 fully saturated rings. The molecule has 2 nitrogen and oxygen atoms in total. The Labute approximate surface area is 119 Å². The molecule has 0 radical (unpaired) electrons. The van der Waals surface area contributed by atoms with E-state index in [1.54, 1.807) is 24.3 Å². The number of primary amides is 1. The summed E-state index contributed by atoms with van der Waals surface area (Å²) in [6, 6.07) is 6.60. The number of hydrogen-bond donors (Lipinski definition) is 1. The highest BCUT2D eigenvalue weighted by Gasteiger charge is 2.33. The summed E-state index contributed by atoms with van der Waals surface area (Å²) in [4.78, 5) is 11.0. The fourth-order valence-electron chi connectivity index (χ4n) is 2.27. The molecule has 1 unspecified atom stereocenters. The van der Waals surface area contributed by atoms with Gasteiger partial charge in [0.05, 0.1) is 0 Å². The number of nitrogens with two attached hydrogens (primary N) is 1. The van der Waals surface area contributed by atoms with Crippen LogP contribution in [-0.4, -0.2) is 11.8 Å². The molecule has 0 aromatic heterocycles. The molecule has 112 valence electrons. The second-order valence-electron chi connectivity index (χ2n) is 5.41. The Morgan fingerprint density at radius 3 is 2.30 bits per heavy atom. The smallest absolute Gasteiger partial charge is 0.248 e. The highest BCUT2D eigenvalue weighted by Crippen LogP contribution is 2.31. The number of rotatable bonds is 8. The van der Waals surface area contributed by atoms with Gasteiger partial charge in [-0.3, -0.25) is 4.79 Å². The minimum atomic E-state index is -2.68. The van der Waals surface area contributed by atoms with Crippen molar-refractivity contribution in [2.45, 2.75) is 51.9 Å². The molecule has 0 spiro atoms. The van der Waals surface area contributed by atoms with Crippen LogP contribution in [0.5, 0.6) is 0 Å². The second-order valence-corrected chi connectivity index (χ2v) is 5.41. The van der Waals surface area contributed by atoms with Crippen LogP contribution in [0.3, 0.4) is 0 Å². The first-order valence-corrected chi connectivity index (χ1v) is 7.11. The number of halogens is 2. The fraction of sp³-hybridized carbons (Fsp3) is 0.562. The van der Waals surface area contributed by atoms with Crippen molar-refractivity contribution in [3.63, 3.8) is 0 Å². The lowest BCUT2D eigenvalue weighted by atomic mass is 9.89. The predicted octanol–water partition coefficient (Wildman–Crippen LogP) is 4.18. The zero-order valence-corrected chi connectivity index (χ0v) is 12.2. The third-order valence-corrected chi connectivity index (χ3v) is 3.59. The highest BCUT2D eigenvalue weighted by molar-refractivity contribution is 5.92. The first-order chi connectivity index (χ1) is 9.34. The van der Waals surface area contributed by atoms with Gasteiger partial charge in [0.15, 0.2) is 0 Å². The molecule has 0 aliphatic carbocycles. The second kappa shape index (κ2) is 7.36. The molecule has 0 saturated heterocycles. The molecule has 1 rings (SSSR count). The number of unbranched alkanes of at least 4 members (excludes halogenated alkanes) is 2. The number of carbonyl (C=O) groups excluding carboxylic acids is 1. The molecule has 1 aromatic carbocycles. The van der Waals surface area contributed by atoms with Gasteiger partial charge in [0.25, 0.3) is 0 Å². The van der Waals surface area contributed by atoms with Crippen molar-refractivity contribution in [3.8, 4) is 0 Å². The monoisotopic (exact) mass is 283 g/mol. The molecule has 1 atom stereocenters. The minimum Gasteiger partial charge on any atom is -0.366 e. The van der Waals surface area contributed by atoms with E-state index in [0.29, 0.717) is 18.4 Å². The first kappa shape index (κ1) is 16.6. The van der Waals surface area contributed by atoms with Crippen LogP contribution in [0, 0.1) is 5.92 Å². The highest BCUT2D eigenvalue weighted by atomic mass is 19.3. The van der Waals surface area contributed by atoms with E-state index in [9.17, 15) is 13.6 Å². The molecule has 2 N–H and O–H groups in total. The Bertz CT molecular complexity index is 423. The van der Waals surface area contributed by atoms with Crippen LogP contribution in [0.25, 0.3) is 0 Å². The van der Waals surface area contributed by atoms with Crippen LogP contribution < -0.4 is 5.73 Å². The molecule has 1 aromatic rings. The quantitative estimate of drug-likeness (QED) is 0.715. The summed E-state index contributed by atoms with van der Waals surface area (Å²) < 4.78 is 27.3. The summed E-state index contributed by atoms with van der Waals surface area (Å²) >= 11 is 0. The summed E-state index contributed by atoms with van der Waals surface area (Å²) in [7, 11) is 0. The zero-order valence-electron chi connectivity index (χ0n) is 12.2. The van der Waals surface area contributed by atoms with Crippen LogP contribution in [0.4, 0.5) is 8.78 Å². The summed E-state index contributed by atoms with van der Waals surface area (Å²) in [5.41, 5.74) is 6.38. The van der Waals surface area contributed by atoms with E-state index < -0.39 is 17.7 Å². The van der Waals surface area contributed by atoms with Gasteiger partial charge in [-0.15, -0.1) is 0 Å². The molecule has 0 bridgehead atoms. The van der Waals surface area contributed by atoms with Crippen molar-refractivity contribution in [2.75, 3.05) is 0 Å². The summed E-state index contributed by atoms with van der Waals surface area (Å²) in [6.07, 6.45) is 3.67. The first-order valence-electron chi connectivity index (χ1n) is 7.11. The van der Waals surface area contributed by atoms with E-state index in [1.165, 1.54) is 0 Å². The van der Waals surface area contributed by atoms with Crippen LogP contribution in [0.15, 0.2) is 24.3 Å². The van der Waals surface area contributed by atoms with E-state index in [0.717, 1.165) is 31.7 Å². The van der Waals surface area contributed by atoms with E-state index in [2.05, 4.69) is 6.92 Å². The standard InChI is InChI=1S/C16H23F2NO/c1-3-4-5-6-14(16(2,17)18)11-12-7-9-13(10-8-12)15(19)20/h7-10,14H,3-6,11H2,1-2H3,(H2,19,20). The van der Waals surface area contributed by atoms with Gasteiger partial charge in [0.1, 0.15) is 0 Å². The third-order valence-electron chi connectivity index (χ3n) is 3.59. The zero-order chi connectivity index (χ0) is 15.2. The van der Waals surface area contributed by atoms with E-state index in [1.807, 2.05) is 0 Å². The number of amides is 1. The van der Waals surface area contributed by atoms with Gasteiger partial charge in [-0.1, -0.05) is 38.3 Å². The van der Waals surface area contributed by atoms with E-state index in [4.69, 9.17) is 5.73 Å². The normalized spacial score (nSPS) is 13.2. The van der Waals surface area contributed by atoms with E-state index >= 15 is 0 Å². The minimum absolute atomic E-state index is 0.326. The van der Waals surface area contributed by atoms with Crippen molar-refractivity contribution in [3.05, 3.63) is 35.4 Å². The molecule has 0 heterocycles. The molecule has 20 heavy (non-hydrogen) atoms. The van der Waals surface area contributed by atoms with Gasteiger partial charge in [0, 0.05) is 11.5 Å². The lowest BCUT2D eigenvalue weighted by Crippen LogP contribution is -2.26. The maximum Gasteiger partial charge on any atom is 0.248 e. The van der Waals surface area contributed by atoms with Gasteiger partial charge in [-0.25, -0.2) is 8.78 Å². The molecule has 0 saturated carbocycles. The number of alkyl halides is 2. The molecular formula is C16H23F2NO. The van der Waals surface area contributed by atoms with Crippen molar-refractivity contribution in [1.82, 2.24) is 0 Å². The summed E-state index contributed by atoms with van der Waals surface area (Å²) in [6.45, 7) is 3.04. The molecule has 4 heteroatoms. The van der Waals surface area contributed by atoms with Crippen LogP contribution in [0.1, 0.15) is 55.5 Å². The average Bonchev–Trinajstić information content (AvgIpc) is 2.37. The van der Waals surface area contributed by atoms with E-state index in [-0.39, 0.29) is 0 Å². The molecule has 1 amide bonds. The predicted molar refractivity (Wildman–Crippen MR) is 76.9 cm³/mol. The summed E-state index contributed by atoms with van der Waals surface area (Å²) in [5.74, 6) is -3.85. The Balaban J connectivity index is 2.71. The van der Waals surface area contributed by atoms with Gasteiger partial charge < -0.3 is 5.73 Å². The lowest BCUT2D eigenvalue weighted by molar-refractivity contribution is -0.0434. The SMILES string of the molecule is CCCCCC(Cc1ccc(C(N)=O)cc1)C(C)(F)F. The maximum absolute atomic E-state index is 13.6. The fourth-order valence-corrected chi connectivity index (χ4v) is 2.27. The lowest BCUT2D eigenvalue weighted by Gasteiger charge is -2.23.